The zero-order chi connectivity index (χ0) is 15.1. The van der Waals surface area contributed by atoms with E-state index >= 15 is 0 Å². The van der Waals surface area contributed by atoms with Crippen LogP contribution in [-0.4, -0.2) is 38.1 Å². The summed E-state index contributed by atoms with van der Waals surface area (Å²) >= 11 is 0. The average Bonchev–Trinajstić information content (AvgIpc) is 2.36. The summed E-state index contributed by atoms with van der Waals surface area (Å²) in [5.74, 6) is 0.0137. The fourth-order valence-corrected chi connectivity index (χ4v) is 1.55. The van der Waals surface area contributed by atoms with Crippen LogP contribution in [0, 0.1) is 11.7 Å². The van der Waals surface area contributed by atoms with E-state index in [0.29, 0.717) is 12.5 Å². The Balaban J connectivity index is 2.53. The zero-order valence-electron chi connectivity index (χ0n) is 12.6. The number of nitrogens with zero attached hydrogens (tertiary/aromatic N) is 1. The first-order chi connectivity index (χ1) is 9.40. The van der Waals surface area contributed by atoms with Crippen LogP contribution in [0.1, 0.15) is 19.4 Å². The number of ether oxygens (including phenoxy) is 1. The molecule has 0 heterocycles. The monoisotopic (exact) mass is 282 g/mol. The van der Waals surface area contributed by atoms with E-state index in [2.05, 4.69) is 19.2 Å². The molecule has 1 N–H and O–H groups in total. The molecule has 5 heteroatoms. The van der Waals surface area contributed by atoms with Crippen molar-refractivity contribution in [1.29, 1.82) is 0 Å². The van der Waals surface area contributed by atoms with Crippen LogP contribution >= 0.6 is 0 Å². The molecule has 4 nitrogen and oxygen atoms in total. The van der Waals surface area contributed by atoms with E-state index in [1.54, 1.807) is 26.2 Å². The van der Waals surface area contributed by atoms with Gasteiger partial charge in [0.05, 0.1) is 0 Å². The number of hydrogen-bond acceptors (Lipinski definition) is 3. The summed E-state index contributed by atoms with van der Waals surface area (Å²) in [6.45, 7) is 5.58. The number of likely N-dealkylation sites (N-methyl/N-ethyl adjacent to an activating group) is 1. The van der Waals surface area contributed by atoms with Gasteiger partial charge in [-0.15, -0.1) is 0 Å². The van der Waals surface area contributed by atoms with Gasteiger partial charge in [0, 0.05) is 20.6 Å². The summed E-state index contributed by atoms with van der Waals surface area (Å²) in [7, 11) is 3.26. The molecule has 20 heavy (non-hydrogen) atoms. The molecule has 0 atom stereocenters. The molecule has 112 valence electrons. The summed E-state index contributed by atoms with van der Waals surface area (Å²) in [6, 6.07) is 4.79. The van der Waals surface area contributed by atoms with Crippen molar-refractivity contribution in [3.05, 3.63) is 29.6 Å². The molecule has 0 bridgehead atoms. The van der Waals surface area contributed by atoms with Crippen LogP contribution < -0.4 is 10.1 Å². The van der Waals surface area contributed by atoms with Gasteiger partial charge in [0.2, 0.25) is 0 Å². The summed E-state index contributed by atoms with van der Waals surface area (Å²) in [5, 5.41) is 3.24. The molecule has 0 fully saturated rings. The van der Waals surface area contributed by atoms with Crippen LogP contribution in [-0.2, 0) is 11.3 Å². The van der Waals surface area contributed by atoms with E-state index in [4.69, 9.17) is 4.74 Å². The first-order valence-corrected chi connectivity index (χ1v) is 6.72. The highest BCUT2D eigenvalue weighted by Crippen LogP contribution is 2.18. The van der Waals surface area contributed by atoms with E-state index in [0.717, 1.165) is 12.1 Å². The number of amides is 1. The summed E-state index contributed by atoms with van der Waals surface area (Å²) in [5.41, 5.74) is 0.856. The average molecular weight is 282 g/mol. The molecule has 0 saturated carbocycles. The summed E-state index contributed by atoms with van der Waals surface area (Å²) < 4.78 is 19.0. The molecule has 0 saturated heterocycles. The van der Waals surface area contributed by atoms with Crippen molar-refractivity contribution in [1.82, 2.24) is 10.2 Å². The molecule has 0 aromatic heterocycles. The molecule has 1 aromatic carbocycles. The van der Waals surface area contributed by atoms with Crippen LogP contribution in [0.15, 0.2) is 18.2 Å². The van der Waals surface area contributed by atoms with Gasteiger partial charge in [0.1, 0.15) is 0 Å². The number of carbonyl (C=O) groups excluding carboxylic acids is 1. The van der Waals surface area contributed by atoms with Crippen molar-refractivity contribution in [3.8, 4) is 5.75 Å². The van der Waals surface area contributed by atoms with Gasteiger partial charge >= 0.3 is 0 Å². The lowest BCUT2D eigenvalue weighted by molar-refractivity contribution is -0.130. The third-order valence-electron chi connectivity index (χ3n) is 2.73. The quantitative estimate of drug-likeness (QED) is 0.832. The number of hydrogen-bond donors (Lipinski definition) is 1. The number of benzene rings is 1. The van der Waals surface area contributed by atoms with Crippen LogP contribution in [0.3, 0.4) is 0 Å². The third-order valence-corrected chi connectivity index (χ3v) is 2.73. The fourth-order valence-electron chi connectivity index (χ4n) is 1.55. The minimum absolute atomic E-state index is 0.104. The van der Waals surface area contributed by atoms with Gasteiger partial charge in [-0.3, -0.25) is 4.79 Å². The van der Waals surface area contributed by atoms with Crippen molar-refractivity contribution in [2.24, 2.45) is 5.92 Å². The normalized spacial score (nSPS) is 10.7. The maximum Gasteiger partial charge on any atom is 0.259 e. The molecule has 1 aromatic rings. The topological polar surface area (TPSA) is 41.6 Å². The fraction of sp³-hybridized carbons (Fsp3) is 0.533. The lowest BCUT2D eigenvalue weighted by Crippen LogP contribution is -2.27. The second-order valence-electron chi connectivity index (χ2n) is 5.37. The van der Waals surface area contributed by atoms with Crippen LogP contribution in [0.4, 0.5) is 4.39 Å². The molecule has 0 radical (unpaired) electrons. The molecule has 0 aliphatic rings. The Hall–Kier alpha value is -1.62. The molecule has 0 aliphatic carbocycles. The Bertz CT molecular complexity index is 447. The van der Waals surface area contributed by atoms with Crippen LogP contribution in [0.2, 0.25) is 0 Å². The van der Waals surface area contributed by atoms with Crippen molar-refractivity contribution in [2.45, 2.75) is 20.4 Å². The van der Waals surface area contributed by atoms with Gasteiger partial charge in [-0.05, 0) is 30.2 Å². The lowest BCUT2D eigenvalue weighted by Gasteiger charge is -2.12. The van der Waals surface area contributed by atoms with Crippen LogP contribution in [0.25, 0.3) is 0 Å². The van der Waals surface area contributed by atoms with Gasteiger partial charge in [-0.2, -0.15) is 0 Å². The number of carbonyl (C=O) groups is 1. The zero-order valence-corrected chi connectivity index (χ0v) is 12.6. The lowest BCUT2D eigenvalue weighted by atomic mass is 10.2. The van der Waals surface area contributed by atoms with Gasteiger partial charge < -0.3 is 15.0 Å². The standard InChI is InChI=1S/C15H23FN2O2/c1-11(2)8-17-9-12-5-6-14(13(16)7-12)20-10-15(19)18(3)4/h5-7,11,17H,8-10H2,1-4H3. The summed E-state index contributed by atoms with van der Waals surface area (Å²) in [4.78, 5) is 12.8. The minimum Gasteiger partial charge on any atom is -0.481 e. The highest BCUT2D eigenvalue weighted by molar-refractivity contribution is 5.77. The summed E-state index contributed by atoms with van der Waals surface area (Å²) in [6.07, 6.45) is 0. The van der Waals surface area contributed by atoms with E-state index in [1.165, 1.54) is 11.0 Å². The van der Waals surface area contributed by atoms with Gasteiger partial charge in [0.15, 0.2) is 18.2 Å². The number of rotatable bonds is 7. The number of halogens is 1. The van der Waals surface area contributed by atoms with E-state index in [9.17, 15) is 9.18 Å². The van der Waals surface area contributed by atoms with Crippen LogP contribution in [0.5, 0.6) is 5.75 Å². The molecular weight excluding hydrogens is 259 g/mol. The SMILES string of the molecule is CC(C)CNCc1ccc(OCC(=O)N(C)C)c(F)c1. The Morgan fingerprint density at radius 3 is 2.65 bits per heavy atom. The van der Waals surface area contributed by atoms with E-state index in [1.807, 2.05) is 0 Å². The van der Waals surface area contributed by atoms with Crippen molar-refractivity contribution >= 4 is 5.91 Å². The van der Waals surface area contributed by atoms with E-state index in [-0.39, 0.29) is 18.3 Å². The Morgan fingerprint density at radius 2 is 2.10 bits per heavy atom. The highest BCUT2D eigenvalue weighted by Gasteiger charge is 2.09. The Labute approximate surface area is 119 Å². The van der Waals surface area contributed by atoms with Gasteiger partial charge in [-0.1, -0.05) is 19.9 Å². The molecular formula is C15H23FN2O2. The molecule has 0 spiro atoms. The Kier molecular flexibility index (Phi) is 6.45. The maximum atomic E-state index is 13.8. The van der Waals surface area contributed by atoms with Gasteiger partial charge in [-0.25, -0.2) is 4.39 Å². The maximum absolute atomic E-state index is 13.8. The molecule has 0 unspecified atom stereocenters. The highest BCUT2D eigenvalue weighted by atomic mass is 19.1. The molecule has 1 rings (SSSR count). The number of nitrogens with one attached hydrogen (secondary N) is 1. The second kappa shape index (κ2) is 7.85. The van der Waals surface area contributed by atoms with Crippen molar-refractivity contribution < 1.29 is 13.9 Å². The minimum atomic E-state index is -0.444. The largest absolute Gasteiger partial charge is 0.481 e. The first kappa shape index (κ1) is 16.4. The van der Waals surface area contributed by atoms with Crippen molar-refractivity contribution in [3.63, 3.8) is 0 Å². The molecule has 1 amide bonds. The molecule has 0 aliphatic heterocycles. The predicted molar refractivity (Wildman–Crippen MR) is 77.1 cm³/mol. The second-order valence-corrected chi connectivity index (χ2v) is 5.37. The third kappa shape index (κ3) is 5.57. The van der Waals surface area contributed by atoms with E-state index < -0.39 is 5.82 Å². The van der Waals surface area contributed by atoms with Crippen molar-refractivity contribution in [2.75, 3.05) is 27.2 Å². The Morgan fingerprint density at radius 1 is 1.40 bits per heavy atom. The predicted octanol–water partition coefficient (Wildman–Crippen LogP) is 2.04. The van der Waals surface area contributed by atoms with Gasteiger partial charge in [0.25, 0.3) is 5.91 Å². The first-order valence-electron chi connectivity index (χ1n) is 6.72. The smallest absolute Gasteiger partial charge is 0.259 e.